The average Bonchev–Trinajstić information content (AvgIpc) is 2.79. The molecule has 0 saturated heterocycles. The van der Waals surface area contributed by atoms with Crippen LogP contribution in [0.4, 0.5) is 10.5 Å². The monoisotopic (exact) mass is 450 g/mol. The van der Waals surface area contributed by atoms with E-state index in [2.05, 4.69) is 55.0 Å². The Morgan fingerprint density at radius 3 is 2.81 bits per heavy atom. The van der Waals surface area contributed by atoms with E-state index in [0.717, 1.165) is 47.8 Å². The number of thioether (sulfide) groups is 1. The van der Waals surface area contributed by atoms with Crippen LogP contribution in [0.15, 0.2) is 52.6 Å². The highest BCUT2D eigenvalue weighted by Gasteiger charge is 2.36. The van der Waals surface area contributed by atoms with Crippen molar-refractivity contribution in [3.8, 4) is 5.75 Å². The highest BCUT2D eigenvalue weighted by molar-refractivity contribution is 8.15. The van der Waals surface area contributed by atoms with E-state index in [1.54, 1.807) is 14.2 Å². The first-order valence-electron chi connectivity index (χ1n) is 11.0. The third kappa shape index (κ3) is 4.26. The number of hydrogen-bond acceptors (Lipinski definition) is 5. The molecule has 168 valence electrons. The Kier molecular flexibility index (Phi) is 6.29. The van der Waals surface area contributed by atoms with Crippen LogP contribution in [0.2, 0.25) is 0 Å². The van der Waals surface area contributed by atoms with Crippen molar-refractivity contribution in [1.82, 2.24) is 5.01 Å². The summed E-state index contributed by atoms with van der Waals surface area (Å²) in [5, 5.41) is 6.02. The van der Waals surface area contributed by atoms with Crippen LogP contribution in [0.1, 0.15) is 43.9 Å². The van der Waals surface area contributed by atoms with Crippen molar-refractivity contribution >= 4 is 34.2 Å². The Morgan fingerprint density at radius 1 is 1.25 bits per heavy atom. The van der Waals surface area contributed by atoms with Gasteiger partial charge in [-0.1, -0.05) is 30.0 Å². The van der Waals surface area contributed by atoms with Gasteiger partial charge in [0.15, 0.2) is 0 Å². The standard InChI is InChI=1S/C25H30N4O2S/c1-6-26-23(19-9-7-11-20(16-19)31-5)29-14-8-10-17-15-18(12-13-21(17)29)22-25(2,3)32-24(30)28(4)27-22/h7,9,11-13,15-16H,6,8,10,14H2,1-5H3/b26-23-. The second-order valence-electron chi connectivity index (χ2n) is 8.48. The lowest BCUT2D eigenvalue weighted by Gasteiger charge is -2.35. The molecule has 1 amide bonds. The lowest BCUT2D eigenvalue weighted by molar-refractivity contribution is 0.234. The molecule has 2 aliphatic heterocycles. The van der Waals surface area contributed by atoms with Gasteiger partial charge in [0.2, 0.25) is 0 Å². The molecule has 0 aliphatic carbocycles. The highest BCUT2D eigenvalue weighted by atomic mass is 32.2. The lowest BCUT2D eigenvalue weighted by atomic mass is 9.93. The van der Waals surface area contributed by atoms with E-state index >= 15 is 0 Å². The molecule has 0 bridgehead atoms. The fourth-order valence-corrected chi connectivity index (χ4v) is 5.12. The molecule has 4 rings (SSSR count). The van der Waals surface area contributed by atoms with E-state index < -0.39 is 0 Å². The molecule has 0 saturated carbocycles. The highest BCUT2D eigenvalue weighted by Crippen LogP contribution is 2.37. The molecular formula is C25H30N4O2S. The van der Waals surface area contributed by atoms with Gasteiger partial charge in [-0.05, 0) is 69.0 Å². The van der Waals surface area contributed by atoms with Crippen molar-refractivity contribution in [2.45, 2.75) is 38.4 Å². The van der Waals surface area contributed by atoms with Crippen molar-refractivity contribution in [2.75, 3.05) is 32.1 Å². The number of anilines is 1. The Bertz CT molecular complexity index is 1090. The number of aliphatic imine (C=N–C) groups is 1. The summed E-state index contributed by atoms with van der Waals surface area (Å²) < 4.78 is 5.07. The van der Waals surface area contributed by atoms with Gasteiger partial charge in [0, 0.05) is 31.4 Å². The van der Waals surface area contributed by atoms with Gasteiger partial charge >= 0.3 is 5.24 Å². The number of carbonyl (C=O) groups excluding carboxylic acids is 1. The largest absolute Gasteiger partial charge is 0.497 e. The van der Waals surface area contributed by atoms with Crippen molar-refractivity contribution < 1.29 is 9.53 Å². The van der Waals surface area contributed by atoms with Gasteiger partial charge in [0.25, 0.3) is 0 Å². The first-order chi connectivity index (χ1) is 15.3. The molecule has 2 heterocycles. The lowest BCUT2D eigenvalue weighted by Crippen LogP contribution is -2.40. The predicted octanol–water partition coefficient (Wildman–Crippen LogP) is 5.20. The van der Waals surface area contributed by atoms with E-state index in [0.29, 0.717) is 6.54 Å². The number of benzene rings is 2. The number of carbonyl (C=O) groups is 1. The maximum absolute atomic E-state index is 12.1. The fourth-order valence-electron chi connectivity index (χ4n) is 4.26. The second kappa shape index (κ2) is 8.98. The zero-order chi connectivity index (χ0) is 22.9. The third-order valence-electron chi connectivity index (χ3n) is 5.79. The molecule has 7 heteroatoms. The molecule has 6 nitrogen and oxygen atoms in total. The topological polar surface area (TPSA) is 57.5 Å². The van der Waals surface area contributed by atoms with Crippen molar-refractivity contribution in [1.29, 1.82) is 0 Å². The van der Waals surface area contributed by atoms with Crippen LogP contribution in [0.5, 0.6) is 5.75 Å². The molecule has 0 N–H and O–H groups in total. The SMILES string of the molecule is CC/N=C(/c1cccc(OC)c1)N1CCCc2cc(C3=NN(C)C(=O)SC3(C)C)ccc21. The molecule has 0 atom stereocenters. The molecule has 0 aromatic heterocycles. The third-order valence-corrected chi connectivity index (χ3v) is 6.93. The van der Waals surface area contributed by atoms with E-state index in [1.807, 2.05) is 18.2 Å². The Balaban J connectivity index is 1.74. The molecule has 0 fully saturated rings. The van der Waals surface area contributed by atoms with Gasteiger partial charge in [-0.15, -0.1) is 0 Å². The van der Waals surface area contributed by atoms with Crippen molar-refractivity contribution in [3.63, 3.8) is 0 Å². The molecule has 2 aromatic carbocycles. The van der Waals surface area contributed by atoms with Gasteiger partial charge in [0.05, 0.1) is 17.6 Å². The summed E-state index contributed by atoms with van der Waals surface area (Å²) in [4.78, 5) is 19.3. The number of rotatable bonds is 4. The number of hydrazone groups is 1. The normalized spacial score (nSPS) is 18.3. The number of amidine groups is 1. The summed E-state index contributed by atoms with van der Waals surface area (Å²) in [6, 6.07) is 14.6. The molecule has 0 radical (unpaired) electrons. The molecule has 0 unspecified atom stereocenters. The van der Waals surface area contributed by atoms with E-state index in [1.165, 1.54) is 28.0 Å². The first kappa shape index (κ1) is 22.4. The summed E-state index contributed by atoms with van der Waals surface area (Å²) >= 11 is 1.32. The molecule has 2 aliphatic rings. The summed E-state index contributed by atoms with van der Waals surface area (Å²) in [5.41, 5.74) is 5.51. The summed E-state index contributed by atoms with van der Waals surface area (Å²) in [5.74, 6) is 1.80. The minimum absolute atomic E-state index is 0.0263. The van der Waals surface area contributed by atoms with Crippen LogP contribution in [0.3, 0.4) is 0 Å². The van der Waals surface area contributed by atoms with E-state index in [-0.39, 0.29) is 9.99 Å². The predicted molar refractivity (Wildman–Crippen MR) is 134 cm³/mol. The molecule has 2 aromatic rings. The number of fused-ring (bicyclic) bond motifs is 1. The zero-order valence-electron chi connectivity index (χ0n) is 19.4. The number of hydrogen-bond donors (Lipinski definition) is 0. The molecular weight excluding hydrogens is 420 g/mol. The quantitative estimate of drug-likeness (QED) is 0.475. The number of ether oxygens (including phenoxy) is 1. The minimum Gasteiger partial charge on any atom is -0.497 e. The van der Waals surface area contributed by atoms with Crippen LogP contribution in [-0.4, -0.2) is 53.8 Å². The minimum atomic E-state index is -0.373. The molecule has 32 heavy (non-hydrogen) atoms. The maximum atomic E-state index is 12.1. The van der Waals surface area contributed by atoms with Crippen molar-refractivity contribution in [2.24, 2.45) is 10.1 Å². The fraction of sp³-hybridized carbons (Fsp3) is 0.400. The zero-order valence-corrected chi connectivity index (χ0v) is 20.2. The van der Waals surface area contributed by atoms with Crippen LogP contribution in [0.25, 0.3) is 0 Å². The van der Waals surface area contributed by atoms with Crippen molar-refractivity contribution in [3.05, 3.63) is 59.2 Å². The molecule has 0 spiro atoms. The maximum Gasteiger partial charge on any atom is 0.302 e. The summed E-state index contributed by atoms with van der Waals surface area (Å²) in [7, 11) is 3.40. The van der Waals surface area contributed by atoms with Crippen LogP contribution >= 0.6 is 11.8 Å². The number of aryl methyl sites for hydroxylation is 1. The van der Waals surface area contributed by atoms with E-state index in [4.69, 9.17) is 9.73 Å². The van der Waals surface area contributed by atoms with Gasteiger partial charge in [0.1, 0.15) is 11.6 Å². The Hall–Kier alpha value is -2.80. The smallest absolute Gasteiger partial charge is 0.302 e. The van der Waals surface area contributed by atoms with E-state index in [9.17, 15) is 4.79 Å². The van der Waals surface area contributed by atoms with Gasteiger partial charge in [-0.25, -0.2) is 5.01 Å². The van der Waals surface area contributed by atoms with Gasteiger partial charge in [-0.2, -0.15) is 5.10 Å². The van der Waals surface area contributed by atoms with Crippen LogP contribution in [0, 0.1) is 0 Å². The second-order valence-corrected chi connectivity index (χ2v) is 10.1. The van der Waals surface area contributed by atoms with Crippen LogP contribution in [-0.2, 0) is 6.42 Å². The number of nitrogens with zero attached hydrogens (tertiary/aromatic N) is 4. The summed E-state index contributed by atoms with van der Waals surface area (Å²) in [6.07, 6.45) is 2.05. The van der Waals surface area contributed by atoms with Gasteiger partial charge < -0.3 is 9.64 Å². The van der Waals surface area contributed by atoms with Gasteiger partial charge in [-0.3, -0.25) is 9.79 Å². The average molecular weight is 451 g/mol. The Labute approximate surface area is 194 Å². The number of amides is 1. The Morgan fingerprint density at radius 2 is 2.06 bits per heavy atom. The van der Waals surface area contributed by atoms with Crippen LogP contribution < -0.4 is 9.64 Å². The number of methoxy groups -OCH3 is 1. The summed E-state index contributed by atoms with van der Waals surface area (Å²) in [6.45, 7) is 7.80. The first-order valence-corrected chi connectivity index (χ1v) is 11.8.